The Labute approximate surface area is 139 Å². The highest BCUT2D eigenvalue weighted by Crippen LogP contribution is 2.26. The standard InChI is InChI=1S/C14H15ClN2O5S/c1-10(9-16)22-14(18)11-2-3-12(15)13(8-11)23(19,20)17-4-6-21-7-5-17/h2-3,8,10H,4-7H2,1H3/t10-/m0/s1. The molecule has 1 aliphatic heterocycles. The van der Waals surface area contributed by atoms with E-state index in [4.69, 9.17) is 26.3 Å². The highest BCUT2D eigenvalue weighted by molar-refractivity contribution is 7.89. The van der Waals surface area contributed by atoms with Crippen molar-refractivity contribution in [2.75, 3.05) is 26.3 Å². The van der Waals surface area contributed by atoms with Crippen molar-refractivity contribution in [2.45, 2.75) is 17.9 Å². The Hall–Kier alpha value is -1.66. The third kappa shape index (κ3) is 4.00. The molecule has 1 heterocycles. The van der Waals surface area contributed by atoms with Crippen molar-refractivity contribution in [3.05, 3.63) is 28.8 Å². The smallest absolute Gasteiger partial charge is 0.339 e. The fourth-order valence-electron chi connectivity index (χ4n) is 2.01. The van der Waals surface area contributed by atoms with Crippen LogP contribution >= 0.6 is 11.6 Å². The summed E-state index contributed by atoms with van der Waals surface area (Å²) < 4.78 is 36.5. The number of halogens is 1. The van der Waals surface area contributed by atoms with Crippen LogP contribution in [0.15, 0.2) is 23.1 Å². The van der Waals surface area contributed by atoms with Gasteiger partial charge in [-0.2, -0.15) is 9.57 Å². The maximum Gasteiger partial charge on any atom is 0.339 e. The van der Waals surface area contributed by atoms with Gasteiger partial charge in [0.25, 0.3) is 0 Å². The number of nitrogens with zero attached hydrogens (tertiary/aromatic N) is 2. The second kappa shape index (κ2) is 7.27. The Bertz CT molecular complexity index is 738. The Morgan fingerprint density at radius 2 is 2.09 bits per heavy atom. The predicted molar refractivity (Wildman–Crippen MR) is 81.5 cm³/mol. The zero-order chi connectivity index (χ0) is 17.0. The summed E-state index contributed by atoms with van der Waals surface area (Å²) in [5.74, 6) is -0.783. The van der Waals surface area contributed by atoms with Crippen LogP contribution in [0.25, 0.3) is 0 Å². The SMILES string of the molecule is C[C@@H](C#N)OC(=O)c1ccc(Cl)c(S(=O)(=O)N2CCOCC2)c1. The van der Waals surface area contributed by atoms with E-state index in [1.54, 1.807) is 6.07 Å². The molecule has 124 valence electrons. The van der Waals surface area contributed by atoms with Crippen LogP contribution in [0.2, 0.25) is 5.02 Å². The van der Waals surface area contributed by atoms with Crippen molar-refractivity contribution in [3.8, 4) is 6.07 Å². The third-order valence-corrected chi connectivity index (χ3v) is 5.60. The van der Waals surface area contributed by atoms with E-state index in [-0.39, 0.29) is 28.6 Å². The van der Waals surface area contributed by atoms with Crippen LogP contribution in [-0.2, 0) is 19.5 Å². The summed E-state index contributed by atoms with van der Waals surface area (Å²) in [5, 5.41) is 8.68. The first kappa shape index (κ1) is 17.7. The summed E-state index contributed by atoms with van der Waals surface area (Å²) >= 11 is 6.00. The van der Waals surface area contributed by atoms with E-state index in [0.717, 1.165) is 0 Å². The summed E-state index contributed by atoms with van der Waals surface area (Å²) in [4.78, 5) is 11.8. The van der Waals surface area contributed by atoms with Crippen molar-refractivity contribution < 1.29 is 22.7 Å². The summed E-state index contributed by atoms with van der Waals surface area (Å²) in [6.45, 7) is 2.47. The van der Waals surface area contributed by atoms with Crippen LogP contribution in [0.1, 0.15) is 17.3 Å². The van der Waals surface area contributed by atoms with Crippen molar-refractivity contribution in [1.29, 1.82) is 5.26 Å². The van der Waals surface area contributed by atoms with Crippen molar-refractivity contribution in [3.63, 3.8) is 0 Å². The molecule has 9 heteroatoms. The van der Waals surface area contributed by atoms with Gasteiger partial charge in [0.15, 0.2) is 6.10 Å². The first-order valence-corrected chi connectivity index (χ1v) is 8.66. The lowest BCUT2D eigenvalue weighted by atomic mass is 10.2. The van der Waals surface area contributed by atoms with Gasteiger partial charge in [-0.25, -0.2) is 13.2 Å². The van der Waals surface area contributed by atoms with Crippen LogP contribution < -0.4 is 0 Å². The molecule has 0 amide bonds. The number of esters is 1. The molecule has 0 unspecified atom stereocenters. The normalized spacial score (nSPS) is 17.3. The minimum absolute atomic E-state index is 0.0152. The number of sulfonamides is 1. The number of ether oxygens (including phenoxy) is 2. The number of benzene rings is 1. The third-order valence-electron chi connectivity index (χ3n) is 3.22. The molecule has 1 aliphatic rings. The Kier molecular flexibility index (Phi) is 5.59. The number of morpholine rings is 1. The Morgan fingerprint density at radius 3 is 2.70 bits per heavy atom. The monoisotopic (exact) mass is 358 g/mol. The summed E-state index contributed by atoms with van der Waals surface area (Å²) in [6, 6.07) is 5.61. The number of rotatable bonds is 4. The van der Waals surface area contributed by atoms with Gasteiger partial charge in [0.2, 0.25) is 10.0 Å². The number of carbonyl (C=O) groups excluding carboxylic acids is 1. The van der Waals surface area contributed by atoms with Gasteiger partial charge in [-0.1, -0.05) is 11.6 Å². The number of nitriles is 1. The molecule has 1 fully saturated rings. The van der Waals surface area contributed by atoms with Gasteiger partial charge in [-0.3, -0.25) is 0 Å². The number of hydrogen-bond donors (Lipinski definition) is 0. The largest absolute Gasteiger partial charge is 0.444 e. The molecule has 0 spiro atoms. The zero-order valence-electron chi connectivity index (χ0n) is 12.4. The van der Waals surface area contributed by atoms with Crippen LogP contribution in [0.4, 0.5) is 0 Å². The molecule has 0 bridgehead atoms. The second-order valence-corrected chi connectivity index (χ2v) is 7.15. The lowest BCUT2D eigenvalue weighted by Gasteiger charge is -2.26. The molecule has 7 nitrogen and oxygen atoms in total. The number of carbonyl (C=O) groups is 1. The van der Waals surface area contributed by atoms with Gasteiger partial charge in [-0.15, -0.1) is 0 Å². The first-order chi connectivity index (χ1) is 10.9. The lowest BCUT2D eigenvalue weighted by molar-refractivity contribution is 0.0435. The van der Waals surface area contributed by atoms with E-state index in [1.165, 1.54) is 29.4 Å². The maximum atomic E-state index is 12.6. The van der Waals surface area contributed by atoms with Crippen molar-refractivity contribution in [1.82, 2.24) is 4.31 Å². The summed E-state index contributed by atoms with van der Waals surface area (Å²) in [5.41, 5.74) is 0.0170. The van der Waals surface area contributed by atoms with Crippen LogP contribution in [0.3, 0.4) is 0 Å². The quantitative estimate of drug-likeness (QED) is 0.755. The zero-order valence-corrected chi connectivity index (χ0v) is 13.9. The molecular weight excluding hydrogens is 344 g/mol. The predicted octanol–water partition coefficient (Wildman–Crippen LogP) is 1.43. The van der Waals surface area contributed by atoms with Crippen LogP contribution in [0, 0.1) is 11.3 Å². The molecule has 0 N–H and O–H groups in total. The topological polar surface area (TPSA) is 96.7 Å². The van der Waals surface area contributed by atoms with Gasteiger partial charge >= 0.3 is 5.97 Å². The van der Waals surface area contributed by atoms with Crippen molar-refractivity contribution in [2.24, 2.45) is 0 Å². The highest BCUT2D eigenvalue weighted by Gasteiger charge is 2.29. The van der Waals surface area contributed by atoms with E-state index in [0.29, 0.717) is 13.2 Å². The van der Waals surface area contributed by atoms with E-state index in [9.17, 15) is 13.2 Å². The van der Waals surface area contributed by atoms with Crippen LogP contribution in [0.5, 0.6) is 0 Å². The fourth-order valence-corrected chi connectivity index (χ4v) is 3.92. The molecule has 1 atom stereocenters. The maximum absolute atomic E-state index is 12.6. The minimum atomic E-state index is -3.83. The number of hydrogen-bond acceptors (Lipinski definition) is 6. The van der Waals surface area contributed by atoms with E-state index >= 15 is 0 Å². The van der Waals surface area contributed by atoms with E-state index in [1.807, 2.05) is 0 Å². The molecule has 0 saturated carbocycles. The summed E-state index contributed by atoms with van der Waals surface area (Å²) in [7, 11) is -3.83. The Balaban J connectivity index is 2.33. The Morgan fingerprint density at radius 1 is 1.43 bits per heavy atom. The molecule has 0 aromatic heterocycles. The molecule has 1 aromatic carbocycles. The van der Waals surface area contributed by atoms with Gasteiger partial charge in [0.05, 0.1) is 23.8 Å². The molecular formula is C14H15ClN2O5S. The average molecular weight is 359 g/mol. The van der Waals surface area contributed by atoms with E-state index in [2.05, 4.69) is 0 Å². The molecule has 0 aliphatic carbocycles. The van der Waals surface area contributed by atoms with Crippen LogP contribution in [-0.4, -0.2) is 51.1 Å². The van der Waals surface area contributed by atoms with Gasteiger partial charge in [0.1, 0.15) is 11.0 Å². The molecule has 2 rings (SSSR count). The molecule has 1 saturated heterocycles. The summed E-state index contributed by atoms with van der Waals surface area (Å²) in [6.07, 6.45) is -0.933. The van der Waals surface area contributed by atoms with Gasteiger partial charge in [-0.05, 0) is 25.1 Å². The molecule has 1 aromatic rings. The first-order valence-electron chi connectivity index (χ1n) is 6.84. The fraction of sp³-hybridized carbons (Fsp3) is 0.429. The average Bonchev–Trinajstić information content (AvgIpc) is 2.55. The molecule has 0 radical (unpaired) electrons. The second-order valence-electron chi connectivity index (χ2n) is 4.84. The van der Waals surface area contributed by atoms with E-state index < -0.39 is 22.1 Å². The van der Waals surface area contributed by atoms with Gasteiger partial charge < -0.3 is 9.47 Å². The molecule has 23 heavy (non-hydrogen) atoms. The van der Waals surface area contributed by atoms with Gasteiger partial charge in [0, 0.05) is 13.1 Å². The lowest BCUT2D eigenvalue weighted by Crippen LogP contribution is -2.40. The minimum Gasteiger partial charge on any atom is -0.444 e. The van der Waals surface area contributed by atoms with Crippen molar-refractivity contribution >= 4 is 27.6 Å². The highest BCUT2D eigenvalue weighted by atomic mass is 35.5.